The molecule has 0 saturated carbocycles. The maximum atomic E-state index is 8.79. The lowest BCUT2D eigenvalue weighted by Gasteiger charge is -2.10. The average Bonchev–Trinajstić information content (AvgIpc) is 2.34. The molecule has 0 unspecified atom stereocenters. The van der Waals surface area contributed by atoms with Crippen LogP contribution < -0.4 is 10.5 Å². The average molecular weight is 259 g/mol. The van der Waals surface area contributed by atoms with E-state index < -0.39 is 0 Å². The highest BCUT2D eigenvalue weighted by molar-refractivity contribution is 6.30. The van der Waals surface area contributed by atoms with Crippen LogP contribution in [0.2, 0.25) is 5.02 Å². The fourth-order valence-electron chi connectivity index (χ4n) is 1.52. The Kier molecular flexibility index (Phi) is 3.40. The summed E-state index contributed by atoms with van der Waals surface area (Å²) in [6.45, 7) is 1.93. The van der Waals surface area contributed by atoms with E-state index in [1.165, 1.54) is 0 Å². The molecule has 0 aliphatic carbocycles. The number of ether oxygens (including phenoxy) is 1. The highest BCUT2D eigenvalue weighted by Gasteiger charge is 2.05. The topological polar surface area (TPSA) is 59.0 Å². The van der Waals surface area contributed by atoms with Crippen molar-refractivity contribution in [3.05, 3.63) is 52.5 Å². The zero-order chi connectivity index (χ0) is 13.1. The van der Waals surface area contributed by atoms with Crippen molar-refractivity contribution in [3.63, 3.8) is 0 Å². The second kappa shape index (κ2) is 4.99. The minimum Gasteiger partial charge on any atom is -0.457 e. The number of halogens is 1. The third-order valence-electron chi connectivity index (χ3n) is 2.52. The van der Waals surface area contributed by atoms with Gasteiger partial charge in [0.25, 0.3) is 0 Å². The lowest BCUT2D eigenvalue weighted by molar-refractivity contribution is 0.479. The van der Waals surface area contributed by atoms with Gasteiger partial charge in [0.15, 0.2) is 0 Å². The second-order valence-corrected chi connectivity index (χ2v) is 4.31. The Labute approximate surface area is 110 Å². The summed E-state index contributed by atoms with van der Waals surface area (Å²) in [6.07, 6.45) is 0. The van der Waals surface area contributed by atoms with Gasteiger partial charge in [-0.2, -0.15) is 5.26 Å². The highest BCUT2D eigenvalue weighted by Crippen LogP contribution is 2.29. The van der Waals surface area contributed by atoms with E-state index >= 15 is 0 Å². The van der Waals surface area contributed by atoms with E-state index in [9.17, 15) is 0 Å². The molecule has 3 nitrogen and oxygen atoms in total. The van der Waals surface area contributed by atoms with Gasteiger partial charge in [0, 0.05) is 11.1 Å². The van der Waals surface area contributed by atoms with Crippen molar-refractivity contribution in [2.75, 3.05) is 5.73 Å². The summed E-state index contributed by atoms with van der Waals surface area (Å²) in [5.41, 5.74) is 7.53. The van der Waals surface area contributed by atoms with Crippen LogP contribution >= 0.6 is 11.6 Å². The predicted octanol–water partition coefficient (Wildman–Crippen LogP) is 3.89. The van der Waals surface area contributed by atoms with E-state index in [2.05, 4.69) is 0 Å². The summed E-state index contributed by atoms with van der Waals surface area (Å²) >= 11 is 5.91. The highest BCUT2D eigenvalue weighted by atomic mass is 35.5. The Hall–Kier alpha value is -2.18. The Morgan fingerprint density at radius 1 is 1.22 bits per heavy atom. The largest absolute Gasteiger partial charge is 0.457 e. The molecule has 0 heterocycles. The van der Waals surface area contributed by atoms with Gasteiger partial charge in [-0.3, -0.25) is 0 Å². The molecule has 0 spiro atoms. The molecule has 0 aliphatic heterocycles. The van der Waals surface area contributed by atoms with Crippen LogP contribution in [0.15, 0.2) is 36.4 Å². The van der Waals surface area contributed by atoms with Crippen molar-refractivity contribution < 1.29 is 4.74 Å². The minimum atomic E-state index is 0.398. The molecule has 0 fully saturated rings. The third kappa shape index (κ3) is 2.55. The number of nitrogen functional groups attached to an aromatic ring is 1. The number of benzene rings is 2. The molecule has 0 bridgehead atoms. The molecule has 90 valence electrons. The van der Waals surface area contributed by atoms with Gasteiger partial charge in [-0.1, -0.05) is 17.7 Å². The van der Waals surface area contributed by atoms with Crippen LogP contribution in [0.25, 0.3) is 0 Å². The van der Waals surface area contributed by atoms with Gasteiger partial charge >= 0.3 is 0 Å². The second-order valence-electron chi connectivity index (χ2n) is 3.87. The summed E-state index contributed by atoms with van der Waals surface area (Å²) in [7, 11) is 0. The molecule has 0 atom stereocenters. The maximum absolute atomic E-state index is 8.79. The molecule has 2 aromatic rings. The third-order valence-corrected chi connectivity index (χ3v) is 2.76. The molecule has 0 amide bonds. The van der Waals surface area contributed by atoms with Gasteiger partial charge in [0.05, 0.1) is 11.3 Å². The lowest BCUT2D eigenvalue weighted by atomic mass is 10.2. The quantitative estimate of drug-likeness (QED) is 0.831. The van der Waals surface area contributed by atoms with Crippen LogP contribution in [-0.2, 0) is 0 Å². The van der Waals surface area contributed by atoms with E-state index in [4.69, 9.17) is 27.3 Å². The number of anilines is 1. The van der Waals surface area contributed by atoms with Gasteiger partial charge < -0.3 is 10.5 Å². The SMILES string of the molecule is Cc1ccc(Cl)cc1Oc1ccc(C#N)c(N)c1. The van der Waals surface area contributed by atoms with Crippen LogP contribution in [-0.4, -0.2) is 0 Å². The molecule has 0 aromatic heterocycles. The summed E-state index contributed by atoms with van der Waals surface area (Å²) in [5.74, 6) is 1.25. The summed E-state index contributed by atoms with van der Waals surface area (Å²) in [5, 5.41) is 9.40. The summed E-state index contributed by atoms with van der Waals surface area (Å²) in [6, 6.07) is 12.4. The zero-order valence-electron chi connectivity index (χ0n) is 9.77. The van der Waals surface area contributed by atoms with E-state index in [1.54, 1.807) is 30.3 Å². The zero-order valence-corrected chi connectivity index (χ0v) is 10.5. The van der Waals surface area contributed by atoms with E-state index in [1.807, 2.05) is 19.1 Å². The number of aryl methyl sites for hydroxylation is 1. The van der Waals surface area contributed by atoms with Crippen molar-refractivity contribution in [2.24, 2.45) is 0 Å². The van der Waals surface area contributed by atoms with Gasteiger partial charge in [-0.05, 0) is 36.8 Å². The molecular formula is C14H11ClN2O. The van der Waals surface area contributed by atoms with Crippen LogP contribution in [0.1, 0.15) is 11.1 Å². The number of hydrogen-bond acceptors (Lipinski definition) is 3. The number of nitriles is 1. The predicted molar refractivity (Wildman–Crippen MR) is 71.8 cm³/mol. The fraction of sp³-hybridized carbons (Fsp3) is 0.0714. The van der Waals surface area contributed by atoms with E-state index in [0.29, 0.717) is 27.8 Å². The molecule has 2 N–H and O–H groups in total. The smallest absolute Gasteiger partial charge is 0.131 e. The number of rotatable bonds is 2. The Balaban J connectivity index is 2.32. The van der Waals surface area contributed by atoms with Crippen molar-refractivity contribution in [3.8, 4) is 17.6 Å². The first-order valence-electron chi connectivity index (χ1n) is 5.34. The van der Waals surface area contributed by atoms with E-state index in [0.717, 1.165) is 5.56 Å². The van der Waals surface area contributed by atoms with Crippen LogP contribution in [0.3, 0.4) is 0 Å². The fourth-order valence-corrected chi connectivity index (χ4v) is 1.68. The van der Waals surface area contributed by atoms with Crippen LogP contribution in [0.5, 0.6) is 11.5 Å². The molecule has 2 rings (SSSR count). The monoisotopic (exact) mass is 258 g/mol. The molecule has 4 heteroatoms. The molecule has 18 heavy (non-hydrogen) atoms. The van der Waals surface area contributed by atoms with Crippen molar-refractivity contribution in [2.45, 2.75) is 6.92 Å². The minimum absolute atomic E-state index is 0.398. The Morgan fingerprint density at radius 2 is 2.00 bits per heavy atom. The first kappa shape index (κ1) is 12.3. The van der Waals surface area contributed by atoms with Gasteiger partial charge in [0.2, 0.25) is 0 Å². The van der Waals surface area contributed by atoms with Gasteiger partial charge in [-0.25, -0.2) is 0 Å². The van der Waals surface area contributed by atoms with Crippen LogP contribution in [0, 0.1) is 18.3 Å². The van der Waals surface area contributed by atoms with Crippen molar-refractivity contribution in [1.82, 2.24) is 0 Å². The first-order valence-corrected chi connectivity index (χ1v) is 5.71. The standard InChI is InChI=1S/C14H11ClN2O/c1-9-2-4-11(15)6-14(9)18-12-5-3-10(8-16)13(17)7-12/h2-7H,17H2,1H3. The molecular weight excluding hydrogens is 248 g/mol. The van der Waals surface area contributed by atoms with Gasteiger partial charge in [-0.15, -0.1) is 0 Å². The number of nitrogens with two attached hydrogens (primary N) is 1. The van der Waals surface area contributed by atoms with Crippen LogP contribution in [0.4, 0.5) is 5.69 Å². The van der Waals surface area contributed by atoms with Gasteiger partial charge in [0.1, 0.15) is 17.6 Å². The molecule has 0 radical (unpaired) electrons. The summed E-state index contributed by atoms with van der Waals surface area (Å²) in [4.78, 5) is 0. The maximum Gasteiger partial charge on any atom is 0.131 e. The molecule has 2 aromatic carbocycles. The normalized spacial score (nSPS) is 9.83. The Morgan fingerprint density at radius 3 is 2.67 bits per heavy atom. The number of hydrogen-bond donors (Lipinski definition) is 1. The van der Waals surface area contributed by atoms with Crippen molar-refractivity contribution in [1.29, 1.82) is 5.26 Å². The summed E-state index contributed by atoms with van der Waals surface area (Å²) < 4.78 is 5.70. The molecule has 0 saturated heterocycles. The van der Waals surface area contributed by atoms with Crippen molar-refractivity contribution >= 4 is 17.3 Å². The Bertz CT molecular complexity index is 632. The number of nitrogens with zero attached hydrogens (tertiary/aromatic N) is 1. The molecule has 0 aliphatic rings. The first-order chi connectivity index (χ1) is 8.60. The lowest BCUT2D eigenvalue weighted by Crippen LogP contribution is -1.93. The van der Waals surface area contributed by atoms with E-state index in [-0.39, 0.29) is 0 Å².